The molecule has 2 aliphatic rings. The zero-order chi connectivity index (χ0) is 21.7. The van der Waals surface area contributed by atoms with E-state index in [1.165, 1.54) is 18.7 Å². The molecule has 0 saturated heterocycles. The van der Waals surface area contributed by atoms with E-state index in [1.807, 2.05) is 18.2 Å². The molecule has 1 N–H and O–H groups in total. The molecule has 0 aromatic heterocycles. The maximum absolute atomic E-state index is 11.6. The van der Waals surface area contributed by atoms with Crippen LogP contribution in [0.25, 0.3) is 0 Å². The van der Waals surface area contributed by atoms with Crippen LogP contribution < -0.4 is 10.1 Å². The third-order valence-electron chi connectivity index (χ3n) is 6.35. The first-order valence-corrected chi connectivity index (χ1v) is 9.93. The van der Waals surface area contributed by atoms with Crippen LogP contribution in [0.2, 0.25) is 0 Å². The van der Waals surface area contributed by atoms with Crippen LogP contribution in [0.3, 0.4) is 0 Å². The highest BCUT2D eigenvalue weighted by molar-refractivity contribution is 5.66. The van der Waals surface area contributed by atoms with Gasteiger partial charge < -0.3 is 10.1 Å². The molecule has 8 heteroatoms. The van der Waals surface area contributed by atoms with Crippen molar-refractivity contribution in [1.29, 1.82) is 0 Å². The van der Waals surface area contributed by atoms with Gasteiger partial charge in [-0.1, -0.05) is 30.3 Å². The van der Waals surface area contributed by atoms with Gasteiger partial charge in [0.05, 0.1) is 23.0 Å². The van der Waals surface area contributed by atoms with Crippen molar-refractivity contribution in [1.82, 2.24) is 0 Å². The zero-order valence-electron chi connectivity index (χ0n) is 16.6. The van der Waals surface area contributed by atoms with Crippen molar-refractivity contribution < 1.29 is 14.6 Å². The molecule has 1 aliphatic carbocycles. The first-order chi connectivity index (χ1) is 15.0. The van der Waals surface area contributed by atoms with Gasteiger partial charge in [-0.15, -0.1) is 0 Å². The van der Waals surface area contributed by atoms with E-state index in [0.717, 1.165) is 28.8 Å². The number of nitrogens with zero attached hydrogens (tertiary/aromatic N) is 2. The second kappa shape index (κ2) is 7.09. The van der Waals surface area contributed by atoms with E-state index in [0.29, 0.717) is 0 Å². The van der Waals surface area contributed by atoms with Crippen LogP contribution >= 0.6 is 0 Å². The number of anilines is 1. The average Bonchev–Trinajstić information content (AvgIpc) is 3.17. The van der Waals surface area contributed by atoms with Crippen molar-refractivity contribution >= 4 is 17.1 Å². The zero-order valence-corrected chi connectivity index (χ0v) is 16.6. The summed E-state index contributed by atoms with van der Waals surface area (Å²) in [5.74, 6) is 0.255. The second-order valence-corrected chi connectivity index (χ2v) is 7.88. The van der Waals surface area contributed by atoms with Gasteiger partial charge in [-0.3, -0.25) is 20.2 Å². The van der Waals surface area contributed by atoms with Gasteiger partial charge in [-0.25, -0.2) is 0 Å². The Kier molecular flexibility index (Phi) is 4.35. The molecule has 0 saturated carbocycles. The Bertz CT molecular complexity index is 1230. The average molecular weight is 417 g/mol. The van der Waals surface area contributed by atoms with Gasteiger partial charge in [0.15, 0.2) is 5.75 Å². The number of non-ortho nitro benzene ring substituents is 1. The van der Waals surface area contributed by atoms with E-state index in [9.17, 15) is 20.2 Å². The fraction of sp³-hybridized carbons (Fsp3) is 0.217. The molecule has 8 nitrogen and oxygen atoms in total. The van der Waals surface area contributed by atoms with Gasteiger partial charge in [0.2, 0.25) is 0 Å². The Morgan fingerprint density at radius 1 is 0.968 bits per heavy atom. The number of fused-ring (bicyclic) bond motifs is 5. The molecule has 0 bridgehead atoms. The topological polar surface area (TPSA) is 108 Å². The minimum absolute atomic E-state index is 0.0292. The summed E-state index contributed by atoms with van der Waals surface area (Å²) in [4.78, 5) is 22.1. The van der Waals surface area contributed by atoms with Crippen molar-refractivity contribution in [3.63, 3.8) is 0 Å². The standard InChI is InChI=1S/C23H19N3O5/c1-31-21-9-6-14(11-20(21)26(29)30)23-18-10-13-4-2-3-5-16(13)22(18)17-12-15(25(27)28)7-8-19(17)24-23/h2-9,11-12,18,22-24H,10H2,1H3/t18-,22-,23+/m1/s1. The summed E-state index contributed by atoms with van der Waals surface area (Å²) < 4.78 is 5.15. The lowest BCUT2D eigenvalue weighted by molar-refractivity contribution is -0.385. The van der Waals surface area contributed by atoms with Crippen LogP contribution in [-0.4, -0.2) is 17.0 Å². The molecule has 5 rings (SSSR count). The van der Waals surface area contributed by atoms with Crippen molar-refractivity contribution in [3.05, 3.63) is 103 Å². The number of methoxy groups -OCH3 is 1. The van der Waals surface area contributed by atoms with E-state index in [2.05, 4.69) is 17.4 Å². The molecule has 0 radical (unpaired) electrons. The molecule has 1 aliphatic heterocycles. The predicted molar refractivity (Wildman–Crippen MR) is 115 cm³/mol. The largest absolute Gasteiger partial charge is 0.490 e. The van der Waals surface area contributed by atoms with Crippen LogP contribution in [-0.2, 0) is 6.42 Å². The fourth-order valence-corrected chi connectivity index (χ4v) is 5.04. The smallest absolute Gasteiger partial charge is 0.311 e. The quantitative estimate of drug-likeness (QED) is 0.474. The number of hydrogen-bond acceptors (Lipinski definition) is 6. The summed E-state index contributed by atoms with van der Waals surface area (Å²) in [6.45, 7) is 0. The van der Waals surface area contributed by atoms with Gasteiger partial charge in [-0.05, 0) is 46.7 Å². The van der Waals surface area contributed by atoms with Crippen molar-refractivity contribution in [2.45, 2.75) is 18.4 Å². The normalized spacial score (nSPS) is 20.7. The van der Waals surface area contributed by atoms with E-state index in [-0.39, 0.29) is 39.9 Å². The van der Waals surface area contributed by atoms with Crippen molar-refractivity contribution in [2.75, 3.05) is 12.4 Å². The van der Waals surface area contributed by atoms with Crippen LogP contribution in [0.15, 0.2) is 60.7 Å². The first-order valence-electron chi connectivity index (χ1n) is 9.93. The number of nitrogens with one attached hydrogen (secondary N) is 1. The lowest BCUT2D eigenvalue weighted by atomic mass is 9.75. The molecular weight excluding hydrogens is 398 g/mol. The van der Waals surface area contributed by atoms with E-state index < -0.39 is 4.92 Å². The lowest BCUT2D eigenvalue weighted by Crippen LogP contribution is -2.30. The molecule has 156 valence electrons. The predicted octanol–water partition coefficient (Wildman–Crippen LogP) is 4.98. The second-order valence-electron chi connectivity index (χ2n) is 7.88. The highest BCUT2D eigenvalue weighted by Crippen LogP contribution is 2.54. The summed E-state index contributed by atoms with van der Waals surface area (Å²) in [5.41, 5.74) is 4.83. The summed E-state index contributed by atoms with van der Waals surface area (Å²) in [5, 5.41) is 26.4. The molecule has 3 aromatic rings. The van der Waals surface area contributed by atoms with E-state index in [4.69, 9.17) is 4.74 Å². The SMILES string of the molecule is COc1ccc([C@@H]2Nc3ccc([N+](=O)[O-])cc3[C@H]3c4ccccc4C[C@H]32)cc1[N+](=O)[O-]. The molecule has 3 aromatic carbocycles. The Hall–Kier alpha value is -3.94. The van der Waals surface area contributed by atoms with Gasteiger partial charge in [0.25, 0.3) is 5.69 Å². The number of nitro benzene ring substituents is 2. The maximum Gasteiger partial charge on any atom is 0.311 e. The lowest BCUT2D eigenvalue weighted by Gasteiger charge is -2.37. The number of rotatable bonds is 4. The number of hydrogen-bond donors (Lipinski definition) is 1. The van der Waals surface area contributed by atoms with Crippen molar-refractivity contribution in [2.24, 2.45) is 5.92 Å². The summed E-state index contributed by atoms with van der Waals surface area (Å²) >= 11 is 0. The molecule has 0 spiro atoms. The van der Waals surface area contributed by atoms with Gasteiger partial charge in [0.1, 0.15) is 0 Å². The van der Waals surface area contributed by atoms with E-state index >= 15 is 0 Å². The summed E-state index contributed by atoms with van der Waals surface area (Å²) in [7, 11) is 1.41. The number of ether oxygens (including phenoxy) is 1. The highest BCUT2D eigenvalue weighted by atomic mass is 16.6. The first kappa shape index (κ1) is 19.0. The summed E-state index contributed by atoms with van der Waals surface area (Å²) in [6.07, 6.45) is 0.778. The highest BCUT2D eigenvalue weighted by Gasteiger charge is 2.44. The van der Waals surface area contributed by atoms with Crippen LogP contribution in [0.1, 0.15) is 34.2 Å². The maximum atomic E-state index is 11.6. The van der Waals surface area contributed by atoms with Crippen LogP contribution in [0.5, 0.6) is 5.75 Å². The monoisotopic (exact) mass is 417 g/mol. The Morgan fingerprint density at radius 3 is 2.52 bits per heavy atom. The minimum atomic E-state index is -0.441. The molecule has 1 heterocycles. The minimum Gasteiger partial charge on any atom is -0.490 e. The Balaban J connectivity index is 1.66. The third-order valence-corrected chi connectivity index (χ3v) is 6.35. The number of nitro groups is 2. The van der Waals surface area contributed by atoms with Gasteiger partial charge in [-0.2, -0.15) is 0 Å². The van der Waals surface area contributed by atoms with Crippen LogP contribution in [0, 0.1) is 26.1 Å². The van der Waals surface area contributed by atoms with Gasteiger partial charge in [0, 0.05) is 29.8 Å². The van der Waals surface area contributed by atoms with Crippen molar-refractivity contribution in [3.8, 4) is 5.75 Å². The molecular formula is C23H19N3O5. The third kappa shape index (κ3) is 2.99. The molecule has 3 atom stereocenters. The Morgan fingerprint density at radius 2 is 1.77 bits per heavy atom. The van der Waals surface area contributed by atoms with Crippen LogP contribution in [0.4, 0.5) is 17.1 Å². The fourth-order valence-electron chi connectivity index (χ4n) is 5.04. The van der Waals surface area contributed by atoms with Gasteiger partial charge >= 0.3 is 5.69 Å². The molecule has 0 fully saturated rings. The summed E-state index contributed by atoms with van der Waals surface area (Å²) in [6, 6.07) is 17.8. The molecule has 0 unspecified atom stereocenters. The Labute approximate surface area is 177 Å². The molecule has 31 heavy (non-hydrogen) atoms. The number of benzene rings is 3. The molecule has 0 amide bonds. The van der Waals surface area contributed by atoms with E-state index in [1.54, 1.807) is 24.3 Å².